The van der Waals surface area contributed by atoms with E-state index in [0.29, 0.717) is 17.3 Å². The molecule has 1 atom stereocenters. The minimum absolute atomic E-state index is 0.232. The summed E-state index contributed by atoms with van der Waals surface area (Å²) in [5.74, 6) is 1.70. The van der Waals surface area contributed by atoms with Gasteiger partial charge in [0.15, 0.2) is 0 Å². The van der Waals surface area contributed by atoms with Crippen LogP contribution in [0.25, 0.3) is 0 Å². The van der Waals surface area contributed by atoms with Crippen LogP contribution in [-0.2, 0) is 10.0 Å². The molecule has 2 aromatic heterocycles. The third-order valence-electron chi connectivity index (χ3n) is 3.30. The number of rotatable bonds is 3. The van der Waals surface area contributed by atoms with Gasteiger partial charge >= 0.3 is 0 Å². The lowest BCUT2D eigenvalue weighted by Crippen LogP contribution is -2.32. The topological polar surface area (TPSA) is 50.5 Å². The average Bonchev–Trinajstić information content (AvgIpc) is 3.06. The van der Waals surface area contributed by atoms with Crippen molar-refractivity contribution in [1.82, 2.24) is 4.31 Å². The van der Waals surface area contributed by atoms with Gasteiger partial charge in [0, 0.05) is 18.8 Å². The Morgan fingerprint density at radius 3 is 2.81 bits per heavy atom. The predicted octanol–water partition coefficient (Wildman–Crippen LogP) is 3.97. The molecule has 0 N–H and O–H groups in total. The maximum absolute atomic E-state index is 12.6. The predicted molar refractivity (Wildman–Crippen MR) is 89.3 cm³/mol. The number of halogens is 1. The molecule has 0 spiro atoms. The molecule has 1 fully saturated rings. The van der Waals surface area contributed by atoms with Crippen molar-refractivity contribution in [2.45, 2.75) is 15.9 Å². The maximum atomic E-state index is 12.6. The summed E-state index contributed by atoms with van der Waals surface area (Å²) in [6.45, 7) is 1.07. The van der Waals surface area contributed by atoms with Crippen LogP contribution in [0.3, 0.4) is 0 Å². The summed E-state index contributed by atoms with van der Waals surface area (Å²) in [6, 6.07) is 7.26. The normalized spacial score (nSPS) is 21.3. The fourth-order valence-corrected chi connectivity index (χ4v) is 7.17. The highest BCUT2D eigenvalue weighted by Gasteiger charge is 2.30. The summed E-state index contributed by atoms with van der Waals surface area (Å²) >= 11 is 6.33. The monoisotopic (exact) mass is 407 g/mol. The molecule has 0 amide bonds. The van der Waals surface area contributed by atoms with E-state index in [1.165, 1.54) is 11.3 Å². The molecule has 0 bridgehead atoms. The quantitative estimate of drug-likeness (QED) is 0.771. The largest absolute Gasteiger partial charge is 0.468 e. The number of hydrogen-bond acceptors (Lipinski definition) is 5. The second-order valence-electron chi connectivity index (χ2n) is 4.63. The summed E-state index contributed by atoms with van der Waals surface area (Å²) in [5.41, 5.74) is 0. The SMILES string of the molecule is O=S(=O)(c1ccc(Br)s1)N1CCS[C@@H](c2ccco2)CC1. The van der Waals surface area contributed by atoms with E-state index in [1.54, 1.807) is 34.5 Å². The molecule has 0 aromatic carbocycles. The number of nitrogens with zero attached hydrogens (tertiary/aromatic N) is 1. The van der Waals surface area contributed by atoms with E-state index < -0.39 is 10.0 Å². The molecular formula is C13H14BrNO3S3. The van der Waals surface area contributed by atoms with Gasteiger partial charge in [-0.25, -0.2) is 8.42 Å². The van der Waals surface area contributed by atoms with Gasteiger partial charge in [0.1, 0.15) is 9.97 Å². The molecular weight excluding hydrogens is 394 g/mol. The van der Waals surface area contributed by atoms with Gasteiger partial charge in [0.05, 0.1) is 15.3 Å². The highest BCUT2D eigenvalue weighted by atomic mass is 79.9. The Balaban J connectivity index is 1.75. The first-order valence-corrected chi connectivity index (χ1v) is 10.6. The number of thiophene rings is 1. The van der Waals surface area contributed by atoms with Crippen LogP contribution in [-0.4, -0.2) is 31.6 Å². The van der Waals surface area contributed by atoms with Crippen molar-refractivity contribution in [1.29, 1.82) is 0 Å². The molecule has 1 saturated heterocycles. The van der Waals surface area contributed by atoms with E-state index in [9.17, 15) is 8.42 Å². The molecule has 0 radical (unpaired) electrons. The minimum atomic E-state index is -3.38. The van der Waals surface area contributed by atoms with Crippen molar-refractivity contribution in [3.8, 4) is 0 Å². The molecule has 1 aliphatic heterocycles. The fraction of sp³-hybridized carbons (Fsp3) is 0.385. The van der Waals surface area contributed by atoms with Crippen molar-refractivity contribution in [2.75, 3.05) is 18.8 Å². The first-order chi connectivity index (χ1) is 10.1. The van der Waals surface area contributed by atoms with Gasteiger partial charge in [0.25, 0.3) is 10.0 Å². The van der Waals surface area contributed by atoms with E-state index >= 15 is 0 Å². The second-order valence-corrected chi connectivity index (χ2v) is 10.6. The van der Waals surface area contributed by atoms with Crippen LogP contribution in [0.15, 0.2) is 42.9 Å². The molecule has 0 saturated carbocycles. The molecule has 1 aliphatic rings. The van der Waals surface area contributed by atoms with Crippen molar-refractivity contribution < 1.29 is 12.8 Å². The second kappa shape index (κ2) is 6.45. The molecule has 0 aliphatic carbocycles. The van der Waals surface area contributed by atoms with E-state index in [1.807, 2.05) is 12.1 Å². The molecule has 21 heavy (non-hydrogen) atoms. The van der Waals surface area contributed by atoms with Crippen molar-refractivity contribution in [3.63, 3.8) is 0 Å². The Bertz CT molecular complexity index is 696. The van der Waals surface area contributed by atoms with E-state index in [0.717, 1.165) is 21.7 Å². The van der Waals surface area contributed by atoms with Crippen LogP contribution in [0.1, 0.15) is 17.4 Å². The summed E-state index contributed by atoms with van der Waals surface area (Å²) in [6.07, 6.45) is 2.43. The van der Waals surface area contributed by atoms with Gasteiger partial charge in [0.2, 0.25) is 0 Å². The van der Waals surface area contributed by atoms with Crippen LogP contribution >= 0.6 is 39.0 Å². The summed E-state index contributed by atoms with van der Waals surface area (Å²) in [5, 5.41) is 0.232. The lowest BCUT2D eigenvalue weighted by molar-refractivity contribution is 0.418. The fourth-order valence-electron chi connectivity index (χ4n) is 2.26. The number of thioether (sulfide) groups is 1. The average molecular weight is 408 g/mol. The molecule has 3 heterocycles. The minimum Gasteiger partial charge on any atom is -0.468 e. The molecule has 8 heteroatoms. The standard InChI is InChI=1S/C13H14BrNO3S3/c14-12-3-4-13(20-12)21(16,17)15-6-5-11(19-9-7-15)10-2-1-8-18-10/h1-4,8,11H,5-7,9H2/t11-/m1/s1. The van der Waals surface area contributed by atoms with Crippen LogP contribution in [0.2, 0.25) is 0 Å². The zero-order valence-corrected chi connectivity index (χ0v) is 15.1. The van der Waals surface area contributed by atoms with Crippen LogP contribution in [0, 0.1) is 0 Å². The van der Waals surface area contributed by atoms with Gasteiger partial charge in [-0.15, -0.1) is 23.1 Å². The molecule has 4 nitrogen and oxygen atoms in total. The van der Waals surface area contributed by atoms with Crippen molar-refractivity contribution in [2.24, 2.45) is 0 Å². The van der Waals surface area contributed by atoms with Gasteiger partial charge < -0.3 is 4.42 Å². The Kier molecular flexibility index (Phi) is 4.80. The molecule has 0 unspecified atom stereocenters. The number of furan rings is 1. The van der Waals surface area contributed by atoms with Gasteiger partial charge in [-0.2, -0.15) is 4.31 Å². The highest BCUT2D eigenvalue weighted by molar-refractivity contribution is 9.11. The van der Waals surface area contributed by atoms with Gasteiger partial charge in [-0.3, -0.25) is 0 Å². The van der Waals surface area contributed by atoms with E-state index in [-0.39, 0.29) is 5.25 Å². The van der Waals surface area contributed by atoms with Crippen molar-refractivity contribution in [3.05, 3.63) is 40.1 Å². The molecule has 2 aromatic rings. The third kappa shape index (κ3) is 3.39. The Labute approximate surface area is 140 Å². The lowest BCUT2D eigenvalue weighted by Gasteiger charge is -2.18. The van der Waals surface area contributed by atoms with Crippen LogP contribution in [0.5, 0.6) is 0 Å². The zero-order valence-electron chi connectivity index (χ0n) is 11.1. The summed E-state index contributed by atoms with van der Waals surface area (Å²) < 4.78 is 33.5. The summed E-state index contributed by atoms with van der Waals surface area (Å²) in [7, 11) is -3.38. The number of sulfonamides is 1. The maximum Gasteiger partial charge on any atom is 0.252 e. The van der Waals surface area contributed by atoms with Crippen molar-refractivity contribution >= 4 is 49.1 Å². The highest BCUT2D eigenvalue weighted by Crippen LogP contribution is 2.36. The smallest absolute Gasteiger partial charge is 0.252 e. The van der Waals surface area contributed by atoms with Gasteiger partial charge in [-0.05, 0) is 46.6 Å². The van der Waals surface area contributed by atoms with Crippen LogP contribution < -0.4 is 0 Å². The first kappa shape index (κ1) is 15.6. The first-order valence-electron chi connectivity index (χ1n) is 6.48. The zero-order chi connectivity index (χ0) is 14.9. The lowest BCUT2D eigenvalue weighted by atomic mass is 10.2. The number of hydrogen-bond donors (Lipinski definition) is 0. The Hall–Kier alpha value is -0.280. The Morgan fingerprint density at radius 2 is 2.14 bits per heavy atom. The summed E-state index contributed by atoms with van der Waals surface area (Å²) in [4.78, 5) is 0. The van der Waals surface area contributed by atoms with Crippen LogP contribution in [0.4, 0.5) is 0 Å². The molecule has 114 valence electrons. The van der Waals surface area contributed by atoms with E-state index in [2.05, 4.69) is 15.9 Å². The third-order valence-corrected chi connectivity index (χ3v) is 8.58. The Morgan fingerprint density at radius 1 is 1.29 bits per heavy atom. The van der Waals surface area contributed by atoms with Gasteiger partial charge in [-0.1, -0.05) is 0 Å². The molecule has 3 rings (SSSR count). The van der Waals surface area contributed by atoms with E-state index in [4.69, 9.17) is 4.42 Å².